The molecule has 0 radical (unpaired) electrons. The topological polar surface area (TPSA) is 125 Å². The highest BCUT2D eigenvalue weighted by Gasteiger charge is 2.24. The Hall–Kier alpha value is -3.31. The SMILES string of the molecule is COc1c(F)cc(-c2c(C)c(C(=O)O)nn2-c2ccc(S(N)(=O)=O)cc2)cc1F. The molecule has 2 aromatic carbocycles. The van der Waals surface area contributed by atoms with Crippen molar-refractivity contribution in [1.29, 1.82) is 0 Å². The maximum Gasteiger partial charge on any atom is 0.356 e. The van der Waals surface area contributed by atoms with Gasteiger partial charge in [-0.2, -0.15) is 5.10 Å². The first-order chi connectivity index (χ1) is 13.5. The second-order valence-corrected chi connectivity index (χ2v) is 7.61. The van der Waals surface area contributed by atoms with Crippen molar-refractivity contribution in [2.24, 2.45) is 5.14 Å². The van der Waals surface area contributed by atoms with Gasteiger partial charge in [0.15, 0.2) is 23.1 Å². The third-order valence-corrected chi connectivity index (χ3v) is 5.14. The summed E-state index contributed by atoms with van der Waals surface area (Å²) in [7, 11) is -2.82. The Balaban J connectivity index is 2.27. The van der Waals surface area contributed by atoms with Crippen LogP contribution in [0.5, 0.6) is 5.75 Å². The minimum atomic E-state index is -3.94. The summed E-state index contributed by atoms with van der Waals surface area (Å²) < 4.78 is 57.1. The van der Waals surface area contributed by atoms with Gasteiger partial charge >= 0.3 is 5.97 Å². The molecule has 0 saturated heterocycles. The molecule has 0 spiro atoms. The number of aromatic nitrogens is 2. The number of benzene rings is 2. The van der Waals surface area contributed by atoms with Gasteiger partial charge in [0.2, 0.25) is 10.0 Å². The molecule has 0 saturated carbocycles. The second-order valence-electron chi connectivity index (χ2n) is 6.05. The predicted octanol–water partition coefficient (Wildman–Crippen LogP) is 2.48. The van der Waals surface area contributed by atoms with Crippen molar-refractivity contribution in [3.63, 3.8) is 0 Å². The lowest BCUT2D eigenvalue weighted by molar-refractivity contribution is 0.0689. The molecule has 1 heterocycles. The normalized spacial score (nSPS) is 11.5. The zero-order valence-electron chi connectivity index (χ0n) is 15.2. The van der Waals surface area contributed by atoms with E-state index in [-0.39, 0.29) is 33.1 Å². The van der Waals surface area contributed by atoms with Crippen molar-refractivity contribution in [3.05, 3.63) is 59.3 Å². The van der Waals surface area contributed by atoms with Crippen LogP contribution in [0.25, 0.3) is 16.9 Å². The molecule has 152 valence electrons. The monoisotopic (exact) mass is 423 g/mol. The van der Waals surface area contributed by atoms with Gasteiger partial charge in [-0.3, -0.25) is 0 Å². The van der Waals surface area contributed by atoms with Crippen molar-refractivity contribution in [3.8, 4) is 22.7 Å². The second kappa shape index (κ2) is 7.26. The summed E-state index contributed by atoms with van der Waals surface area (Å²) in [5.41, 5.74) is 0.240. The number of ether oxygens (including phenoxy) is 1. The largest absolute Gasteiger partial charge is 0.491 e. The summed E-state index contributed by atoms with van der Waals surface area (Å²) in [6.45, 7) is 1.45. The zero-order chi connectivity index (χ0) is 21.5. The lowest BCUT2D eigenvalue weighted by atomic mass is 10.1. The van der Waals surface area contributed by atoms with E-state index in [9.17, 15) is 27.1 Å². The number of hydrogen-bond donors (Lipinski definition) is 2. The van der Waals surface area contributed by atoms with Gasteiger partial charge < -0.3 is 9.84 Å². The Morgan fingerprint density at radius 2 is 1.72 bits per heavy atom. The van der Waals surface area contributed by atoms with E-state index in [0.29, 0.717) is 0 Å². The molecular formula is C18H15F2N3O5S. The zero-order valence-corrected chi connectivity index (χ0v) is 16.0. The van der Waals surface area contributed by atoms with Gasteiger partial charge in [-0.1, -0.05) is 0 Å². The number of carboxylic acid groups (broad SMARTS) is 1. The van der Waals surface area contributed by atoms with Crippen LogP contribution in [0.3, 0.4) is 0 Å². The summed E-state index contributed by atoms with van der Waals surface area (Å²) in [5, 5.41) is 18.5. The number of aromatic carboxylic acids is 1. The molecule has 0 aliphatic rings. The number of nitrogens with zero attached hydrogens (tertiary/aromatic N) is 2. The standard InChI is InChI=1S/C18H15F2N3O5S/c1-9-15(18(24)25)22-23(11-3-5-12(6-4-11)29(21,26)27)16(9)10-7-13(19)17(28-2)14(20)8-10/h3-8H,1-2H3,(H,24,25)(H2,21,26,27). The molecular weight excluding hydrogens is 408 g/mol. The summed E-state index contributed by atoms with van der Waals surface area (Å²) in [5.74, 6) is -3.86. The van der Waals surface area contributed by atoms with Crippen molar-refractivity contribution < 1.29 is 31.8 Å². The Morgan fingerprint density at radius 3 is 2.17 bits per heavy atom. The molecule has 3 N–H and O–H groups in total. The van der Waals surface area contributed by atoms with Crippen LogP contribution in [0.15, 0.2) is 41.3 Å². The van der Waals surface area contributed by atoms with Crippen LogP contribution in [-0.4, -0.2) is 36.4 Å². The van der Waals surface area contributed by atoms with Gasteiger partial charge in [0.25, 0.3) is 0 Å². The average Bonchev–Trinajstić information content (AvgIpc) is 2.98. The first kappa shape index (κ1) is 20.4. The highest BCUT2D eigenvalue weighted by Crippen LogP contribution is 2.33. The summed E-state index contributed by atoms with van der Waals surface area (Å²) in [6.07, 6.45) is 0. The molecule has 8 nitrogen and oxygen atoms in total. The molecule has 1 aromatic heterocycles. The fourth-order valence-corrected chi connectivity index (χ4v) is 3.41. The maximum atomic E-state index is 14.2. The third kappa shape index (κ3) is 3.69. The van der Waals surface area contributed by atoms with Crippen molar-refractivity contribution in [2.45, 2.75) is 11.8 Å². The average molecular weight is 423 g/mol. The van der Waals surface area contributed by atoms with Gasteiger partial charge in [-0.15, -0.1) is 0 Å². The van der Waals surface area contributed by atoms with Gasteiger partial charge in [0.05, 0.1) is 23.4 Å². The van der Waals surface area contributed by atoms with E-state index in [1.165, 1.54) is 31.2 Å². The quantitative estimate of drug-likeness (QED) is 0.650. The van der Waals surface area contributed by atoms with Crippen LogP contribution >= 0.6 is 0 Å². The van der Waals surface area contributed by atoms with Gasteiger partial charge in [0.1, 0.15) is 0 Å². The fourth-order valence-electron chi connectivity index (χ4n) is 2.89. The Kier molecular flexibility index (Phi) is 5.11. The summed E-state index contributed by atoms with van der Waals surface area (Å²) >= 11 is 0. The minimum Gasteiger partial charge on any atom is -0.491 e. The predicted molar refractivity (Wildman–Crippen MR) is 98.5 cm³/mol. The lowest BCUT2D eigenvalue weighted by Gasteiger charge is -2.11. The van der Waals surface area contributed by atoms with E-state index in [0.717, 1.165) is 23.9 Å². The van der Waals surface area contributed by atoms with Crippen LogP contribution in [-0.2, 0) is 10.0 Å². The Labute approximate surface area is 164 Å². The number of carboxylic acids is 1. The molecule has 0 atom stereocenters. The fraction of sp³-hybridized carbons (Fsp3) is 0.111. The van der Waals surface area contributed by atoms with Gasteiger partial charge in [0, 0.05) is 11.1 Å². The molecule has 3 aromatic rings. The van der Waals surface area contributed by atoms with Crippen LogP contribution in [0.4, 0.5) is 8.78 Å². The number of nitrogens with two attached hydrogens (primary N) is 1. The van der Waals surface area contributed by atoms with E-state index >= 15 is 0 Å². The van der Waals surface area contributed by atoms with Crippen molar-refractivity contribution in [1.82, 2.24) is 9.78 Å². The molecule has 3 rings (SSSR count). The molecule has 0 aliphatic carbocycles. The highest BCUT2D eigenvalue weighted by atomic mass is 32.2. The number of halogens is 2. The molecule has 0 aliphatic heterocycles. The number of rotatable bonds is 5. The summed E-state index contributed by atoms with van der Waals surface area (Å²) in [4.78, 5) is 11.4. The molecule has 0 amide bonds. The molecule has 29 heavy (non-hydrogen) atoms. The van der Waals surface area contributed by atoms with E-state index in [4.69, 9.17) is 5.14 Å². The van der Waals surface area contributed by atoms with E-state index in [1.807, 2.05) is 0 Å². The number of sulfonamides is 1. The van der Waals surface area contributed by atoms with E-state index < -0.39 is 33.4 Å². The number of methoxy groups -OCH3 is 1. The van der Waals surface area contributed by atoms with E-state index in [2.05, 4.69) is 9.84 Å². The van der Waals surface area contributed by atoms with Gasteiger partial charge in [-0.05, 0) is 43.3 Å². The molecule has 0 bridgehead atoms. The third-order valence-electron chi connectivity index (χ3n) is 4.21. The van der Waals surface area contributed by atoms with Crippen molar-refractivity contribution in [2.75, 3.05) is 7.11 Å². The van der Waals surface area contributed by atoms with Crippen LogP contribution in [0, 0.1) is 18.6 Å². The lowest BCUT2D eigenvalue weighted by Crippen LogP contribution is -2.12. The molecule has 0 fully saturated rings. The first-order valence-electron chi connectivity index (χ1n) is 8.04. The van der Waals surface area contributed by atoms with E-state index in [1.54, 1.807) is 0 Å². The van der Waals surface area contributed by atoms with Crippen LogP contribution in [0.2, 0.25) is 0 Å². The molecule has 11 heteroatoms. The molecule has 0 unspecified atom stereocenters. The number of primary sulfonamides is 1. The van der Waals surface area contributed by atoms with Crippen molar-refractivity contribution >= 4 is 16.0 Å². The van der Waals surface area contributed by atoms with Crippen LogP contribution < -0.4 is 9.88 Å². The smallest absolute Gasteiger partial charge is 0.356 e. The Morgan fingerprint density at radius 1 is 1.17 bits per heavy atom. The first-order valence-corrected chi connectivity index (χ1v) is 9.58. The Bertz CT molecular complexity index is 1200. The summed E-state index contributed by atoms with van der Waals surface area (Å²) in [6, 6.07) is 7.09. The number of hydrogen-bond acceptors (Lipinski definition) is 5. The minimum absolute atomic E-state index is 0.0221. The van der Waals surface area contributed by atoms with Crippen LogP contribution in [0.1, 0.15) is 16.1 Å². The van der Waals surface area contributed by atoms with Gasteiger partial charge in [-0.25, -0.2) is 31.8 Å². The maximum absolute atomic E-state index is 14.2. The highest BCUT2D eigenvalue weighted by molar-refractivity contribution is 7.89. The number of carbonyl (C=O) groups is 1.